The number of aromatic nitrogens is 1. The molecular formula is C19H28FN3O3. The molecule has 7 heteroatoms. The van der Waals surface area contributed by atoms with Crippen LogP contribution in [0.1, 0.15) is 25.0 Å². The molecule has 1 amide bonds. The van der Waals surface area contributed by atoms with Gasteiger partial charge in [-0.1, -0.05) is 0 Å². The Morgan fingerprint density at radius 2 is 2.23 bits per heavy atom. The van der Waals surface area contributed by atoms with Crippen LogP contribution in [-0.4, -0.2) is 79.3 Å². The molecule has 0 aromatic carbocycles. The van der Waals surface area contributed by atoms with Gasteiger partial charge in [0.1, 0.15) is 5.82 Å². The van der Waals surface area contributed by atoms with Crippen molar-refractivity contribution in [2.75, 3.05) is 40.4 Å². The molecule has 1 aromatic rings. The van der Waals surface area contributed by atoms with E-state index in [0.717, 1.165) is 32.0 Å². The molecular weight excluding hydrogens is 337 g/mol. The van der Waals surface area contributed by atoms with Gasteiger partial charge in [-0.3, -0.25) is 9.78 Å². The number of nitrogens with zero attached hydrogens (tertiary/aromatic N) is 3. The average molecular weight is 365 g/mol. The summed E-state index contributed by atoms with van der Waals surface area (Å²) >= 11 is 0. The van der Waals surface area contributed by atoms with Crippen molar-refractivity contribution in [3.63, 3.8) is 0 Å². The Balaban J connectivity index is 1.46. The van der Waals surface area contributed by atoms with Gasteiger partial charge in [-0.05, 0) is 45.5 Å². The minimum atomic E-state index is -0.387. The van der Waals surface area contributed by atoms with Crippen LogP contribution in [0.5, 0.6) is 0 Å². The Labute approximate surface area is 154 Å². The third-order valence-corrected chi connectivity index (χ3v) is 5.06. The molecule has 144 valence electrons. The van der Waals surface area contributed by atoms with Gasteiger partial charge in [-0.2, -0.15) is 0 Å². The second-order valence-electron chi connectivity index (χ2n) is 7.34. The number of fused-ring (bicyclic) bond motifs is 1. The van der Waals surface area contributed by atoms with Crippen molar-refractivity contribution in [1.29, 1.82) is 0 Å². The van der Waals surface area contributed by atoms with Gasteiger partial charge < -0.3 is 19.3 Å². The van der Waals surface area contributed by atoms with Crippen LogP contribution in [0.2, 0.25) is 0 Å². The maximum Gasteiger partial charge on any atom is 0.228 e. The summed E-state index contributed by atoms with van der Waals surface area (Å²) in [5.74, 6) is -0.345. The van der Waals surface area contributed by atoms with Crippen molar-refractivity contribution < 1.29 is 18.7 Å². The van der Waals surface area contributed by atoms with E-state index in [1.165, 1.54) is 6.07 Å². The zero-order valence-corrected chi connectivity index (χ0v) is 15.6. The zero-order valence-electron chi connectivity index (χ0n) is 15.6. The van der Waals surface area contributed by atoms with Crippen LogP contribution in [0.25, 0.3) is 0 Å². The minimum absolute atomic E-state index is 0.0425. The third kappa shape index (κ3) is 4.99. The number of pyridine rings is 1. The molecule has 0 aliphatic carbocycles. The number of rotatable bonds is 7. The molecule has 3 heterocycles. The lowest BCUT2D eigenvalue weighted by Crippen LogP contribution is -2.46. The molecule has 3 rings (SSSR count). The fourth-order valence-corrected chi connectivity index (χ4v) is 3.66. The first-order valence-electron chi connectivity index (χ1n) is 9.31. The number of hydrogen-bond acceptors (Lipinski definition) is 5. The summed E-state index contributed by atoms with van der Waals surface area (Å²) < 4.78 is 24.8. The second-order valence-corrected chi connectivity index (χ2v) is 7.34. The Hall–Kier alpha value is -1.57. The maximum atomic E-state index is 12.9. The van der Waals surface area contributed by atoms with Gasteiger partial charge >= 0.3 is 0 Å². The summed E-state index contributed by atoms with van der Waals surface area (Å²) in [6.07, 6.45) is 4.28. The number of ether oxygens (including phenoxy) is 2. The van der Waals surface area contributed by atoms with Crippen LogP contribution in [0.4, 0.5) is 4.39 Å². The van der Waals surface area contributed by atoms with Gasteiger partial charge in [-0.15, -0.1) is 0 Å². The molecule has 26 heavy (non-hydrogen) atoms. The van der Waals surface area contributed by atoms with Gasteiger partial charge in [0.05, 0.1) is 44.1 Å². The van der Waals surface area contributed by atoms with Crippen LogP contribution in [0, 0.1) is 5.82 Å². The number of likely N-dealkylation sites (tertiary alicyclic amines) is 1. The molecule has 0 radical (unpaired) electrons. The maximum absolute atomic E-state index is 12.9. The SMILES string of the molecule is CN(C)CCOC[C@@H]1CC[C@@H]2[C@@H](CCN2C(=O)Cc2ccc(F)cn2)O1. The highest BCUT2D eigenvalue weighted by molar-refractivity contribution is 5.79. The van der Waals surface area contributed by atoms with Crippen molar-refractivity contribution in [3.05, 3.63) is 29.8 Å². The Kier molecular flexibility index (Phi) is 6.56. The highest BCUT2D eigenvalue weighted by Gasteiger charge is 2.41. The van der Waals surface area contributed by atoms with Crippen molar-refractivity contribution in [3.8, 4) is 0 Å². The van der Waals surface area contributed by atoms with Crippen LogP contribution in [0.3, 0.4) is 0 Å². The predicted octanol–water partition coefficient (Wildman–Crippen LogP) is 1.49. The molecule has 2 aliphatic heterocycles. The molecule has 0 spiro atoms. The van der Waals surface area contributed by atoms with E-state index in [0.29, 0.717) is 25.5 Å². The normalized spacial score (nSPS) is 25.5. The summed E-state index contributed by atoms with van der Waals surface area (Å²) in [6, 6.07) is 3.05. The van der Waals surface area contributed by atoms with Crippen LogP contribution in [-0.2, 0) is 20.7 Å². The third-order valence-electron chi connectivity index (χ3n) is 5.06. The van der Waals surface area contributed by atoms with Gasteiger partial charge in [0, 0.05) is 18.8 Å². The fourth-order valence-electron chi connectivity index (χ4n) is 3.66. The van der Waals surface area contributed by atoms with E-state index in [-0.39, 0.29) is 36.4 Å². The summed E-state index contributed by atoms with van der Waals surface area (Å²) in [5, 5.41) is 0. The highest BCUT2D eigenvalue weighted by atomic mass is 19.1. The predicted molar refractivity (Wildman–Crippen MR) is 95.3 cm³/mol. The average Bonchev–Trinajstić information content (AvgIpc) is 3.04. The first-order chi connectivity index (χ1) is 12.5. The highest BCUT2D eigenvalue weighted by Crippen LogP contribution is 2.32. The van der Waals surface area contributed by atoms with E-state index in [2.05, 4.69) is 9.88 Å². The topological polar surface area (TPSA) is 54.9 Å². The lowest BCUT2D eigenvalue weighted by Gasteiger charge is -2.36. The summed E-state index contributed by atoms with van der Waals surface area (Å²) in [4.78, 5) is 20.6. The molecule has 3 atom stereocenters. The van der Waals surface area contributed by atoms with Crippen molar-refractivity contribution >= 4 is 5.91 Å². The Morgan fingerprint density at radius 3 is 2.96 bits per heavy atom. The Morgan fingerprint density at radius 1 is 1.38 bits per heavy atom. The second kappa shape index (κ2) is 8.88. The lowest BCUT2D eigenvalue weighted by atomic mass is 9.99. The molecule has 2 fully saturated rings. The molecule has 0 N–H and O–H groups in total. The number of carbonyl (C=O) groups excluding carboxylic acids is 1. The van der Waals surface area contributed by atoms with Crippen molar-refractivity contribution in [2.45, 2.75) is 43.9 Å². The first kappa shape index (κ1) is 19.2. The molecule has 0 bridgehead atoms. The van der Waals surface area contributed by atoms with E-state index >= 15 is 0 Å². The standard InChI is InChI=1S/C19H28FN3O3/c1-22(2)9-10-25-13-16-5-6-17-18(26-16)7-8-23(17)19(24)11-15-4-3-14(20)12-21-15/h3-4,12,16-18H,5-11,13H2,1-2H3/t16-,17+,18+/m0/s1. The molecule has 0 saturated carbocycles. The number of likely N-dealkylation sites (N-methyl/N-ethyl adjacent to an activating group) is 1. The number of carbonyl (C=O) groups is 1. The summed E-state index contributed by atoms with van der Waals surface area (Å²) in [6.45, 7) is 2.93. The lowest BCUT2D eigenvalue weighted by molar-refractivity contribution is -0.138. The smallest absolute Gasteiger partial charge is 0.228 e. The zero-order chi connectivity index (χ0) is 18.5. The number of halogens is 1. The monoisotopic (exact) mass is 365 g/mol. The van der Waals surface area contributed by atoms with Gasteiger partial charge in [0.25, 0.3) is 0 Å². The first-order valence-corrected chi connectivity index (χ1v) is 9.31. The van der Waals surface area contributed by atoms with E-state index < -0.39 is 0 Å². The van der Waals surface area contributed by atoms with Gasteiger partial charge in [0.15, 0.2) is 0 Å². The Bertz CT molecular complexity index is 596. The van der Waals surface area contributed by atoms with Crippen molar-refractivity contribution in [2.24, 2.45) is 0 Å². The van der Waals surface area contributed by atoms with E-state index in [4.69, 9.17) is 9.47 Å². The number of hydrogen-bond donors (Lipinski definition) is 0. The van der Waals surface area contributed by atoms with E-state index in [1.807, 2.05) is 19.0 Å². The summed E-state index contributed by atoms with van der Waals surface area (Å²) in [7, 11) is 4.05. The van der Waals surface area contributed by atoms with Gasteiger partial charge in [0.2, 0.25) is 5.91 Å². The molecule has 1 aromatic heterocycles. The molecule has 0 unspecified atom stereocenters. The molecule has 2 aliphatic rings. The molecule has 6 nitrogen and oxygen atoms in total. The quantitative estimate of drug-likeness (QED) is 0.686. The van der Waals surface area contributed by atoms with E-state index in [9.17, 15) is 9.18 Å². The summed E-state index contributed by atoms with van der Waals surface area (Å²) in [5.41, 5.74) is 0.601. The van der Waals surface area contributed by atoms with E-state index in [1.54, 1.807) is 6.07 Å². The number of amides is 1. The largest absolute Gasteiger partial charge is 0.377 e. The van der Waals surface area contributed by atoms with Crippen LogP contribution < -0.4 is 0 Å². The minimum Gasteiger partial charge on any atom is -0.377 e. The molecule has 2 saturated heterocycles. The van der Waals surface area contributed by atoms with Crippen LogP contribution in [0.15, 0.2) is 18.3 Å². The van der Waals surface area contributed by atoms with Crippen LogP contribution >= 0.6 is 0 Å². The van der Waals surface area contributed by atoms with Crippen molar-refractivity contribution in [1.82, 2.24) is 14.8 Å². The fraction of sp³-hybridized carbons (Fsp3) is 0.684. The van der Waals surface area contributed by atoms with Gasteiger partial charge in [-0.25, -0.2) is 4.39 Å².